The number of hydrogen-bond donors (Lipinski definition) is 1. The summed E-state index contributed by atoms with van der Waals surface area (Å²) in [4.78, 5) is 8.16. The number of halogens is 1. The Morgan fingerprint density at radius 2 is 1.97 bits per heavy atom. The van der Waals surface area contributed by atoms with E-state index in [9.17, 15) is 8.42 Å². The standard InChI is InChI=1S/C18H23ClN6O4S/c1-5-8-25-17(14-7-6-11(2)29-14)22-23-18(25)24-30(26,27)12(3)15(28-4)16-20-9-13(19)10-21-16/h6-7,9-10,12,15H,5,8H2,1-4H3,(H,23,24)/t12-,15-/m0/s1. The highest BCUT2D eigenvalue weighted by Crippen LogP contribution is 2.27. The molecule has 12 heteroatoms. The predicted octanol–water partition coefficient (Wildman–Crippen LogP) is 3.22. The fraction of sp³-hybridized carbons (Fsp3) is 0.444. The van der Waals surface area contributed by atoms with Crippen LogP contribution in [0.2, 0.25) is 5.02 Å². The molecule has 0 amide bonds. The van der Waals surface area contributed by atoms with Crippen LogP contribution in [0.15, 0.2) is 28.9 Å². The lowest BCUT2D eigenvalue weighted by molar-refractivity contribution is 0.0950. The summed E-state index contributed by atoms with van der Waals surface area (Å²) in [6, 6.07) is 3.58. The summed E-state index contributed by atoms with van der Waals surface area (Å²) in [5, 5.41) is 7.47. The number of aromatic nitrogens is 5. The van der Waals surface area contributed by atoms with E-state index in [1.165, 1.54) is 26.4 Å². The number of ether oxygens (including phenoxy) is 1. The number of rotatable bonds is 9. The molecule has 3 heterocycles. The summed E-state index contributed by atoms with van der Waals surface area (Å²) in [7, 11) is -2.53. The van der Waals surface area contributed by atoms with Crippen LogP contribution in [0.25, 0.3) is 11.6 Å². The number of methoxy groups -OCH3 is 1. The molecule has 0 bridgehead atoms. The zero-order valence-corrected chi connectivity index (χ0v) is 18.6. The predicted molar refractivity (Wildman–Crippen MR) is 112 cm³/mol. The third-order valence-electron chi connectivity index (χ3n) is 4.46. The lowest BCUT2D eigenvalue weighted by atomic mass is 10.2. The molecule has 0 unspecified atom stereocenters. The summed E-state index contributed by atoms with van der Waals surface area (Å²) >= 11 is 5.82. The van der Waals surface area contributed by atoms with Gasteiger partial charge in [-0.2, -0.15) is 0 Å². The second-order valence-electron chi connectivity index (χ2n) is 6.68. The van der Waals surface area contributed by atoms with Gasteiger partial charge in [-0.05, 0) is 32.4 Å². The lowest BCUT2D eigenvalue weighted by Crippen LogP contribution is -2.33. The van der Waals surface area contributed by atoms with Gasteiger partial charge < -0.3 is 9.15 Å². The Morgan fingerprint density at radius 1 is 1.27 bits per heavy atom. The highest BCUT2D eigenvalue weighted by molar-refractivity contribution is 7.93. The molecule has 0 aliphatic heterocycles. The Balaban J connectivity index is 1.90. The van der Waals surface area contributed by atoms with Crippen LogP contribution >= 0.6 is 11.6 Å². The van der Waals surface area contributed by atoms with E-state index in [-0.39, 0.29) is 11.8 Å². The van der Waals surface area contributed by atoms with E-state index in [0.717, 1.165) is 12.2 Å². The minimum atomic E-state index is -3.93. The van der Waals surface area contributed by atoms with E-state index in [0.29, 0.717) is 23.2 Å². The van der Waals surface area contributed by atoms with Gasteiger partial charge in [0.15, 0.2) is 11.6 Å². The SMILES string of the molecule is CCCn1c(NS(=O)(=O)[C@@H](C)[C@H](OC)c2ncc(Cl)cn2)nnc1-c1ccc(C)o1. The quantitative estimate of drug-likeness (QED) is 0.522. The number of aryl methyl sites for hydroxylation is 1. The van der Waals surface area contributed by atoms with E-state index >= 15 is 0 Å². The van der Waals surface area contributed by atoms with Crippen LogP contribution in [0, 0.1) is 6.92 Å². The summed E-state index contributed by atoms with van der Waals surface area (Å²) in [5.41, 5.74) is 0. The minimum Gasteiger partial charge on any atom is -0.458 e. The molecule has 1 N–H and O–H groups in total. The van der Waals surface area contributed by atoms with Gasteiger partial charge in [-0.25, -0.2) is 18.4 Å². The highest BCUT2D eigenvalue weighted by Gasteiger charge is 2.34. The summed E-state index contributed by atoms with van der Waals surface area (Å²) in [6.45, 7) is 5.80. The van der Waals surface area contributed by atoms with Crippen LogP contribution in [0.3, 0.4) is 0 Å². The fourth-order valence-corrected chi connectivity index (χ4v) is 4.16. The molecule has 0 saturated carbocycles. The van der Waals surface area contributed by atoms with Crippen molar-refractivity contribution >= 4 is 27.6 Å². The van der Waals surface area contributed by atoms with Crippen LogP contribution in [-0.4, -0.2) is 45.5 Å². The van der Waals surface area contributed by atoms with Gasteiger partial charge in [-0.1, -0.05) is 18.5 Å². The molecule has 0 fully saturated rings. The molecule has 3 rings (SSSR count). The first-order valence-electron chi connectivity index (χ1n) is 9.28. The van der Waals surface area contributed by atoms with Crippen LogP contribution in [0.5, 0.6) is 0 Å². The van der Waals surface area contributed by atoms with Crippen molar-refractivity contribution in [3.63, 3.8) is 0 Å². The Kier molecular flexibility index (Phi) is 6.74. The molecule has 2 atom stereocenters. The van der Waals surface area contributed by atoms with Gasteiger partial charge in [-0.15, -0.1) is 10.2 Å². The van der Waals surface area contributed by atoms with E-state index in [2.05, 4.69) is 24.9 Å². The van der Waals surface area contributed by atoms with E-state index in [1.54, 1.807) is 10.6 Å². The van der Waals surface area contributed by atoms with Crippen molar-refractivity contribution < 1.29 is 17.6 Å². The molecule has 3 aromatic rings. The van der Waals surface area contributed by atoms with E-state index in [4.69, 9.17) is 20.8 Å². The van der Waals surface area contributed by atoms with Gasteiger partial charge in [0.05, 0.1) is 5.02 Å². The van der Waals surface area contributed by atoms with Gasteiger partial charge in [0.25, 0.3) is 0 Å². The number of anilines is 1. The van der Waals surface area contributed by atoms with Crippen molar-refractivity contribution in [3.05, 3.63) is 41.1 Å². The first kappa shape index (κ1) is 22.2. The molecule has 0 radical (unpaired) electrons. The summed E-state index contributed by atoms with van der Waals surface area (Å²) in [6.07, 6.45) is 2.61. The second kappa shape index (κ2) is 9.11. The largest absolute Gasteiger partial charge is 0.458 e. The Bertz CT molecular complexity index is 1100. The number of nitrogens with one attached hydrogen (secondary N) is 1. The zero-order chi connectivity index (χ0) is 21.9. The summed E-state index contributed by atoms with van der Waals surface area (Å²) < 4.78 is 41.3. The third kappa shape index (κ3) is 4.63. The minimum absolute atomic E-state index is 0.0969. The van der Waals surface area contributed by atoms with Crippen molar-refractivity contribution in [1.29, 1.82) is 0 Å². The van der Waals surface area contributed by atoms with Gasteiger partial charge in [0.2, 0.25) is 21.8 Å². The molecule has 30 heavy (non-hydrogen) atoms. The topological polar surface area (TPSA) is 125 Å². The Labute approximate surface area is 179 Å². The van der Waals surface area contributed by atoms with Gasteiger partial charge in [0.1, 0.15) is 17.1 Å². The maximum absolute atomic E-state index is 13.1. The normalized spacial score (nSPS) is 13.9. The molecule has 0 spiro atoms. The number of sulfonamides is 1. The molecule has 10 nitrogen and oxygen atoms in total. The molecule has 162 valence electrons. The van der Waals surface area contributed by atoms with Crippen molar-refractivity contribution in [2.75, 3.05) is 11.8 Å². The van der Waals surface area contributed by atoms with Crippen LogP contribution in [0.4, 0.5) is 5.95 Å². The van der Waals surface area contributed by atoms with Gasteiger partial charge in [0, 0.05) is 26.0 Å². The van der Waals surface area contributed by atoms with Crippen LogP contribution in [0.1, 0.15) is 38.0 Å². The Morgan fingerprint density at radius 3 is 2.53 bits per heavy atom. The van der Waals surface area contributed by atoms with Crippen LogP contribution in [-0.2, 0) is 21.3 Å². The number of hydrogen-bond acceptors (Lipinski definition) is 8. The van der Waals surface area contributed by atoms with Crippen molar-refractivity contribution in [2.45, 2.75) is 45.1 Å². The van der Waals surface area contributed by atoms with Crippen molar-refractivity contribution in [3.8, 4) is 11.6 Å². The number of furan rings is 1. The molecular formula is C18H23ClN6O4S. The van der Waals surface area contributed by atoms with Gasteiger partial charge >= 0.3 is 0 Å². The molecule has 0 aromatic carbocycles. The molecule has 0 aliphatic rings. The smallest absolute Gasteiger partial charge is 0.240 e. The first-order valence-corrected chi connectivity index (χ1v) is 11.2. The highest BCUT2D eigenvalue weighted by atomic mass is 35.5. The Hall–Kier alpha value is -2.50. The van der Waals surface area contributed by atoms with Crippen molar-refractivity contribution in [2.24, 2.45) is 0 Å². The first-order chi connectivity index (χ1) is 14.3. The second-order valence-corrected chi connectivity index (χ2v) is 9.15. The molecule has 0 aliphatic carbocycles. The maximum Gasteiger partial charge on any atom is 0.240 e. The zero-order valence-electron chi connectivity index (χ0n) is 17.0. The van der Waals surface area contributed by atoms with E-state index in [1.807, 2.05) is 19.9 Å². The third-order valence-corrected chi connectivity index (χ3v) is 6.35. The van der Waals surface area contributed by atoms with E-state index < -0.39 is 21.4 Å². The van der Waals surface area contributed by atoms with Crippen molar-refractivity contribution in [1.82, 2.24) is 24.7 Å². The molecular weight excluding hydrogens is 432 g/mol. The van der Waals surface area contributed by atoms with Gasteiger partial charge in [-0.3, -0.25) is 9.29 Å². The lowest BCUT2D eigenvalue weighted by Gasteiger charge is -2.22. The van der Waals surface area contributed by atoms with Crippen LogP contribution < -0.4 is 4.72 Å². The maximum atomic E-state index is 13.1. The average molecular weight is 455 g/mol. The summed E-state index contributed by atoms with van der Waals surface area (Å²) in [5.74, 6) is 1.98. The molecule has 3 aromatic heterocycles. The number of nitrogens with zero attached hydrogens (tertiary/aromatic N) is 5. The molecule has 0 saturated heterocycles. The monoisotopic (exact) mass is 454 g/mol. The average Bonchev–Trinajstić information content (AvgIpc) is 3.30. The fourth-order valence-electron chi connectivity index (χ4n) is 2.91.